The zero-order chi connectivity index (χ0) is 19.9. The lowest BCUT2D eigenvalue weighted by molar-refractivity contribution is -0.147. The van der Waals surface area contributed by atoms with Gasteiger partial charge in [0, 0.05) is 24.3 Å². The topological polar surface area (TPSA) is 111 Å². The number of rotatable bonds is 13. The molecular formula is C16H28N2O6S2. The number of nitrogens with one attached hydrogen (secondary N) is 2. The van der Waals surface area contributed by atoms with Gasteiger partial charge in [-0.1, -0.05) is 35.4 Å². The van der Waals surface area contributed by atoms with Gasteiger partial charge in [-0.15, -0.1) is 0 Å². The highest BCUT2D eigenvalue weighted by molar-refractivity contribution is 8.76. The molecule has 0 aliphatic carbocycles. The standard InChI is InChI=1S/C16H28N2O6S2/c1-5-13(19)17-11(15(21)23-7-3)9-25-26-10-12(16(22)24-8-4)18-14(20)6-2/h11-12H,5-10H2,1-4H3,(H,17,19)(H,18,20)/t11-,12-/m0/s1. The van der Waals surface area contributed by atoms with Crippen LogP contribution >= 0.6 is 21.6 Å². The molecule has 0 aromatic heterocycles. The van der Waals surface area contributed by atoms with Crippen LogP contribution in [0.1, 0.15) is 40.5 Å². The van der Waals surface area contributed by atoms with E-state index in [2.05, 4.69) is 10.6 Å². The van der Waals surface area contributed by atoms with E-state index >= 15 is 0 Å². The first-order valence-electron chi connectivity index (χ1n) is 8.55. The van der Waals surface area contributed by atoms with Gasteiger partial charge in [-0.2, -0.15) is 0 Å². The van der Waals surface area contributed by atoms with Gasteiger partial charge in [0.25, 0.3) is 0 Å². The zero-order valence-corrected chi connectivity index (χ0v) is 17.3. The van der Waals surface area contributed by atoms with Crippen LogP contribution < -0.4 is 10.6 Å². The van der Waals surface area contributed by atoms with Gasteiger partial charge in [-0.25, -0.2) is 9.59 Å². The minimum atomic E-state index is -0.758. The second kappa shape index (κ2) is 14.7. The summed E-state index contributed by atoms with van der Waals surface area (Å²) < 4.78 is 9.92. The number of ether oxygens (including phenoxy) is 2. The molecule has 0 aliphatic rings. The molecule has 0 unspecified atom stereocenters. The normalized spacial score (nSPS) is 12.6. The summed E-state index contributed by atoms with van der Waals surface area (Å²) in [5.41, 5.74) is 0. The van der Waals surface area contributed by atoms with E-state index < -0.39 is 24.0 Å². The van der Waals surface area contributed by atoms with Crippen LogP contribution in [-0.2, 0) is 28.7 Å². The maximum absolute atomic E-state index is 11.9. The third-order valence-electron chi connectivity index (χ3n) is 3.01. The lowest BCUT2D eigenvalue weighted by Crippen LogP contribution is -2.44. The maximum Gasteiger partial charge on any atom is 0.329 e. The minimum Gasteiger partial charge on any atom is -0.464 e. The molecule has 150 valence electrons. The van der Waals surface area contributed by atoms with Gasteiger partial charge in [0.05, 0.1) is 13.2 Å². The van der Waals surface area contributed by atoms with E-state index in [0.29, 0.717) is 0 Å². The SMILES string of the molecule is CCOC(=O)[C@H](CSSC[C@H](NC(=O)CC)C(=O)OCC)NC(=O)CC. The molecule has 2 atom stereocenters. The molecule has 0 bridgehead atoms. The molecule has 0 rings (SSSR count). The molecule has 0 aromatic carbocycles. The number of hydrogen-bond acceptors (Lipinski definition) is 8. The van der Waals surface area contributed by atoms with Crippen molar-refractivity contribution in [2.45, 2.75) is 52.6 Å². The number of esters is 2. The number of carbonyl (C=O) groups is 4. The molecule has 0 aliphatic heterocycles. The fourth-order valence-corrected chi connectivity index (χ4v) is 3.95. The van der Waals surface area contributed by atoms with Crippen LogP contribution in [0.2, 0.25) is 0 Å². The van der Waals surface area contributed by atoms with Crippen molar-refractivity contribution < 1.29 is 28.7 Å². The summed E-state index contributed by atoms with van der Waals surface area (Å²) in [5.74, 6) is -0.910. The van der Waals surface area contributed by atoms with E-state index in [1.54, 1.807) is 27.7 Å². The van der Waals surface area contributed by atoms with Gasteiger partial charge in [0.1, 0.15) is 12.1 Å². The molecule has 0 fully saturated rings. The Hall–Kier alpha value is -1.42. The Morgan fingerprint density at radius 2 is 1.08 bits per heavy atom. The summed E-state index contributed by atoms with van der Waals surface area (Å²) in [6, 6.07) is -1.52. The molecule has 0 saturated heterocycles. The summed E-state index contributed by atoms with van der Waals surface area (Å²) in [6.45, 7) is 7.23. The first-order chi connectivity index (χ1) is 12.4. The van der Waals surface area contributed by atoms with Gasteiger partial charge < -0.3 is 20.1 Å². The lowest BCUT2D eigenvalue weighted by atomic mass is 10.3. The first-order valence-corrected chi connectivity index (χ1v) is 11.0. The average Bonchev–Trinajstić information content (AvgIpc) is 2.62. The molecule has 2 amide bonds. The molecule has 0 heterocycles. The summed E-state index contributed by atoms with van der Waals surface area (Å²) in [6.07, 6.45) is 0.531. The Morgan fingerprint density at radius 1 is 0.731 bits per heavy atom. The van der Waals surface area contributed by atoms with Crippen LogP contribution in [0.3, 0.4) is 0 Å². The van der Waals surface area contributed by atoms with Crippen molar-refractivity contribution in [2.75, 3.05) is 24.7 Å². The largest absolute Gasteiger partial charge is 0.464 e. The van der Waals surface area contributed by atoms with Crippen LogP contribution in [0, 0.1) is 0 Å². The van der Waals surface area contributed by atoms with Gasteiger partial charge in [0.15, 0.2) is 0 Å². The lowest BCUT2D eigenvalue weighted by Gasteiger charge is -2.18. The van der Waals surface area contributed by atoms with Crippen LogP contribution in [0.4, 0.5) is 0 Å². The second-order valence-corrected chi connectivity index (χ2v) is 7.57. The van der Waals surface area contributed by atoms with Crippen molar-refractivity contribution in [1.82, 2.24) is 10.6 Å². The molecule has 0 radical (unpaired) electrons. The fraction of sp³-hybridized carbons (Fsp3) is 0.750. The summed E-state index contributed by atoms with van der Waals surface area (Å²) >= 11 is 0. The van der Waals surface area contributed by atoms with Crippen molar-refractivity contribution in [3.63, 3.8) is 0 Å². The Balaban J connectivity index is 4.58. The smallest absolute Gasteiger partial charge is 0.329 e. The first kappa shape index (κ1) is 24.6. The highest BCUT2D eigenvalue weighted by atomic mass is 33.1. The van der Waals surface area contributed by atoms with Crippen molar-refractivity contribution in [3.05, 3.63) is 0 Å². The highest BCUT2D eigenvalue weighted by Gasteiger charge is 2.24. The minimum absolute atomic E-state index is 0.225. The van der Waals surface area contributed by atoms with E-state index in [1.807, 2.05) is 0 Å². The highest BCUT2D eigenvalue weighted by Crippen LogP contribution is 2.23. The quantitative estimate of drug-likeness (QED) is 0.266. The Labute approximate surface area is 162 Å². The molecular weight excluding hydrogens is 380 g/mol. The van der Waals surface area contributed by atoms with E-state index in [-0.39, 0.29) is 49.4 Å². The summed E-state index contributed by atoms with van der Waals surface area (Å²) in [7, 11) is 2.62. The predicted octanol–water partition coefficient (Wildman–Crippen LogP) is 1.28. The van der Waals surface area contributed by atoms with Gasteiger partial charge in [-0.05, 0) is 13.8 Å². The second-order valence-electron chi connectivity index (χ2n) is 5.02. The van der Waals surface area contributed by atoms with Gasteiger partial charge in [0.2, 0.25) is 11.8 Å². The molecule has 0 spiro atoms. The van der Waals surface area contributed by atoms with E-state index in [9.17, 15) is 19.2 Å². The predicted molar refractivity (Wildman–Crippen MR) is 103 cm³/mol. The monoisotopic (exact) mass is 408 g/mol. The zero-order valence-electron chi connectivity index (χ0n) is 15.7. The van der Waals surface area contributed by atoms with Crippen LogP contribution in [0.15, 0.2) is 0 Å². The van der Waals surface area contributed by atoms with Crippen molar-refractivity contribution in [1.29, 1.82) is 0 Å². The fourth-order valence-electron chi connectivity index (χ4n) is 1.65. The molecule has 0 saturated carbocycles. The van der Waals surface area contributed by atoms with Crippen molar-refractivity contribution in [3.8, 4) is 0 Å². The van der Waals surface area contributed by atoms with Gasteiger partial charge in [-0.3, -0.25) is 9.59 Å². The Bertz CT molecular complexity index is 434. The number of hydrogen-bond donors (Lipinski definition) is 2. The Kier molecular flexibility index (Phi) is 13.9. The summed E-state index contributed by atoms with van der Waals surface area (Å²) in [5, 5.41) is 5.23. The molecule has 10 heteroatoms. The van der Waals surface area contributed by atoms with Gasteiger partial charge >= 0.3 is 11.9 Å². The van der Waals surface area contributed by atoms with Crippen LogP contribution in [-0.4, -0.2) is 60.6 Å². The van der Waals surface area contributed by atoms with E-state index in [0.717, 1.165) is 0 Å². The average molecular weight is 409 g/mol. The molecule has 26 heavy (non-hydrogen) atoms. The summed E-state index contributed by atoms with van der Waals surface area (Å²) in [4.78, 5) is 46.9. The molecule has 8 nitrogen and oxygen atoms in total. The maximum atomic E-state index is 11.9. The van der Waals surface area contributed by atoms with Crippen LogP contribution in [0.25, 0.3) is 0 Å². The van der Waals surface area contributed by atoms with Crippen LogP contribution in [0.5, 0.6) is 0 Å². The van der Waals surface area contributed by atoms with E-state index in [1.165, 1.54) is 21.6 Å². The molecule has 0 aromatic rings. The third-order valence-corrected chi connectivity index (χ3v) is 5.43. The van der Waals surface area contributed by atoms with E-state index in [4.69, 9.17) is 9.47 Å². The van der Waals surface area contributed by atoms with Crippen molar-refractivity contribution >= 4 is 45.3 Å². The molecule has 2 N–H and O–H groups in total. The van der Waals surface area contributed by atoms with Crippen molar-refractivity contribution in [2.24, 2.45) is 0 Å². The number of carbonyl (C=O) groups excluding carboxylic acids is 4. The Morgan fingerprint density at radius 3 is 1.35 bits per heavy atom. The number of amides is 2. The third kappa shape index (κ3) is 10.5.